The molecule has 2 aromatic carbocycles. The molecule has 8 heteroatoms. The molecule has 2 heterocycles. The molecule has 28 heavy (non-hydrogen) atoms. The van der Waals surface area contributed by atoms with Gasteiger partial charge in [-0.05, 0) is 42.3 Å². The highest BCUT2D eigenvalue weighted by Gasteiger charge is 2.13. The molecule has 0 aliphatic carbocycles. The van der Waals surface area contributed by atoms with E-state index in [2.05, 4.69) is 15.0 Å². The van der Waals surface area contributed by atoms with E-state index >= 15 is 0 Å². The molecule has 2 N–H and O–H groups in total. The summed E-state index contributed by atoms with van der Waals surface area (Å²) >= 11 is 5.88. The Kier molecular flexibility index (Phi) is 4.44. The third-order valence-electron chi connectivity index (χ3n) is 4.51. The van der Waals surface area contributed by atoms with Crippen molar-refractivity contribution in [3.63, 3.8) is 0 Å². The summed E-state index contributed by atoms with van der Waals surface area (Å²) < 4.78 is 1.65. The highest BCUT2D eigenvalue weighted by molar-refractivity contribution is 6.30. The molecule has 0 aliphatic heterocycles. The number of fused-ring (bicyclic) bond motifs is 1. The van der Waals surface area contributed by atoms with E-state index in [9.17, 15) is 14.4 Å². The van der Waals surface area contributed by atoms with Gasteiger partial charge in [0.15, 0.2) is 16.9 Å². The van der Waals surface area contributed by atoms with Gasteiger partial charge in [0.05, 0.1) is 6.33 Å². The van der Waals surface area contributed by atoms with Crippen LogP contribution in [0.2, 0.25) is 5.02 Å². The van der Waals surface area contributed by atoms with Gasteiger partial charge in [-0.2, -0.15) is 0 Å². The van der Waals surface area contributed by atoms with Crippen LogP contribution in [0.25, 0.3) is 11.2 Å². The van der Waals surface area contributed by atoms with Crippen molar-refractivity contribution in [2.75, 3.05) is 0 Å². The van der Waals surface area contributed by atoms with Crippen LogP contribution in [0.4, 0.5) is 0 Å². The standard InChI is InChI=1S/C20H15ClN4O3/c1-11-8-12(2-7-15(11)17(26)13-3-5-14(21)6-4-13)9-25-10-22-18-16(25)19(27)24-20(28)23-18/h2-8,10H,9H2,1H3,(H2,23,24,27,28). The molecule has 0 spiro atoms. The van der Waals surface area contributed by atoms with Crippen molar-refractivity contribution in [3.05, 3.63) is 96.9 Å². The lowest BCUT2D eigenvalue weighted by Crippen LogP contribution is -2.23. The van der Waals surface area contributed by atoms with Crippen LogP contribution in [0.1, 0.15) is 27.0 Å². The zero-order valence-electron chi connectivity index (χ0n) is 14.8. The van der Waals surface area contributed by atoms with Gasteiger partial charge in [-0.3, -0.25) is 19.6 Å². The topological polar surface area (TPSA) is 101 Å². The Bertz CT molecular complexity index is 1320. The summed E-state index contributed by atoms with van der Waals surface area (Å²) in [5.41, 5.74) is 2.32. The number of aromatic nitrogens is 4. The molecule has 0 saturated carbocycles. The average molecular weight is 395 g/mol. The van der Waals surface area contributed by atoms with E-state index in [1.807, 2.05) is 19.1 Å². The van der Waals surface area contributed by atoms with Gasteiger partial charge in [-0.15, -0.1) is 0 Å². The zero-order valence-corrected chi connectivity index (χ0v) is 15.6. The van der Waals surface area contributed by atoms with Crippen LogP contribution in [0.5, 0.6) is 0 Å². The van der Waals surface area contributed by atoms with Crippen molar-refractivity contribution in [2.24, 2.45) is 0 Å². The van der Waals surface area contributed by atoms with Crippen molar-refractivity contribution >= 4 is 28.5 Å². The first kappa shape index (κ1) is 17.9. The van der Waals surface area contributed by atoms with E-state index in [1.165, 1.54) is 6.33 Å². The average Bonchev–Trinajstić information content (AvgIpc) is 3.04. The van der Waals surface area contributed by atoms with Crippen molar-refractivity contribution < 1.29 is 4.79 Å². The predicted molar refractivity (Wildman–Crippen MR) is 106 cm³/mol. The van der Waals surface area contributed by atoms with Crippen LogP contribution >= 0.6 is 11.6 Å². The number of aryl methyl sites for hydroxylation is 1. The van der Waals surface area contributed by atoms with Crippen molar-refractivity contribution in [2.45, 2.75) is 13.5 Å². The minimum atomic E-state index is -0.594. The van der Waals surface area contributed by atoms with Crippen LogP contribution in [0, 0.1) is 6.92 Å². The number of carbonyl (C=O) groups excluding carboxylic acids is 1. The van der Waals surface area contributed by atoms with Gasteiger partial charge in [-0.1, -0.05) is 29.8 Å². The molecule has 2 aromatic heterocycles. The molecule has 0 radical (unpaired) electrons. The van der Waals surface area contributed by atoms with Crippen molar-refractivity contribution in [1.29, 1.82) is 0 Å². The Hall–Kier alpha value is -3.45. The molecule has 4 aromatic rings. The van der Waals surface area contributed by atoms with Gasteiger partial charge in [0.25, 0.3) is 5.56 Å². The number of nitrogens with zero attached hydrogens (tertiary/aromatic N) is 2. The molecule has 0 bridgehead atoms. The summed E-state index contributed by atoms with van der Waals surface area (Å²) in [6, 6.07) is 12.3. The molecule has 7 nitrogen and oxygen atoms in total. The van der Waals surface area contributed by atoms with Crippen LogP contribution < -0.4 is 11.2 Å². The van der Waals surface area contributed by atoms with Gasteiger partial charge in [-0.25, -0.2) is 9.78 Å². The molecule has 4 rings (SSSR count). The Morgan fingerprint density at radius 2 is 1.86 bits per heavy atom. The number of hydrogen-bond donors (Lipinski definition) is 2. The van der Waals surface area contributed by atoms with Crippen molar-refractivity contribution in [3.8, 4) is 0 Å². The Morgan fingerprint density at radius 3 is 2.57 bits per heavy atom. The molecular formula is C20H15ClN4O3. The lowest BCUT2D eigenvalue weighted by molar-refractivity contribution is 0.103. The highest BCUT2D eigenvalue weighted by Crippen LogP contribution is 2.19. The van der Waals surface area contributed by atoms with Gasteiger partial charge in [0, 0.05) is 22.7 Å². The number of nitrogens with one attached hydrogen (secondary N) is 2. The van der Waals surface area contributed by atoms with Gasteiger partial charge in [0.2, 0.25) is 0 Å². The number of benzene rings is 2. The lowest BCUT2D eigenvalue weighted by Gasteiger charge is -2.09. The fourth-order valence-corrected chi connectivity index (χ4v) is 3.29. The second-order valence-electron chi connectivity index (χ2n) is 6.46. The molecule has 0 unspecified atom stereocenters. The minimum Gasteiger partial charge on any atom is -0.320 e. The van der Waals surface area contributed by atoms with Gasteiger partial charge < -0.3 is 4.57 Å². The monoisotopic (exact) mass is 394 g/mol. The SMILES string of the molecule is Cc1cc(Cn2cnc3[nH]c(=O)[nH]c(=O)c32)ccc1C(=O)c1ccc(Cl)cc1. The van der Waals surface area contributed by atoms with Crippen LogP contribution in [0.3, 0.4) is 0 Å². The summed E-state index contributed by atoms with van der Waals surface area (Å²) in [5, 5.41) is 0.576. The maximum Gasteiger partial charge on any atom is 0.327 e. The molecule has 0 aliphatic rings. The fraction of sp³-hybridized carbons (Fsp3) is 0.100. The summed E-state index contributed by atoms with van der Waals surface area (Å²) in [6.45, 7) is 2.24. The zero-order chi connectivity index (χ0) is 19.8. The number of aromatic amines is 2. The quantitative estimate of drug-likeness (QED) is 0.519. The third-order valence-corrected chi connectivity index (χ3v) is 4.76. The number of halogens is 1. The van der Waals surface area contributed by atoms with E-state index in [-0.39, 0.29) is 11.4 Å². The fourth-order valence-electron chi connectivity index (χ4n) is 3.17. The smallest absolute Gasteiger partial charge is 0.320 e. The molecule has 0 fully saturated rings. The van der Waals surface area contributed by atoms with Crippen LogP contribution in [-0.2, 0) is 6.54 Å². The first-order valence-electron chi connectivity index (χ1n) is 8.49. The molecule has 0 amide bonds. The summed E-state index contributed by atoms with van der Waals surface area (Å²) in [7, 11) is 0. The largest absolute Gasteiger partial charge is 0.327 e. The number of carbonyl (C=O) groups is 1. The summed E-state index contributed by atoms with van der Waals surface area (Å²) in [6.07, 6.45) is 1.50. The maximum atomic E-state index is 12.7. The van der Waals surface area contributed by atoms with E-state index in [0.717, 1.165) is 11.1 Å². The number of H-pyrrole nitrogens is 2. The van der Waals surface area contributed by atoms with Crippen LogP contribution in [0.15, 0.2) is 58.4 Å². The minimum absolute atomic E-state index is 0.0807. The van der Waals surface area contributed by atoms with E-state index < -0.39 is 11.2 Å². The number of hydrogen-bond acceptors (Lipinski definition) is 4. The number of rotatable bonds is 4. The van der Waals surface area contributed by atoms with Gasteiger partial charge in [0.1, 0.15) is 0 Å². The number of imidazole rings is 1. The molecule has 0 atom stereocenters. The Labute approximate surface area is 163 Å². The highest BCUT2D eigenvalue weighted by atomic mass is 35.5. The maximum absolute atomic E-state index is 12.7. The second kappa shape index (κ2) is 6.94. The van der Waals surface area contributed by atoms with E-state index in [4.69, 9.17) is 11.6 Å². The van der Waals surface area contributed by atoms with Crippen molar-refractivity contribution in [1.82, 2.24) is 19.5 Å². The predicted octanol–water partition coefficient (Wildman–Crippen LogP) is 2.65. The molecule has 140 valence electrons. The first-order valence-corrected chi connectivity index (χ1v) is 8.87. The summed E-state index contributed by atoms with van der Waals surface area (Å²) in [5.74, 6) is -0.0807. The Morgan fingerprint density at radius 1 is 1.11 bits per heavy atom. The molecular weight excluding hydrogens is 380 g/mol. The molecule has 0 saturated heterocycles. The normalized spacial score (nSPS) is 11.1. The number of ketones is 1. The Balaban J connectivity index is 1.65. The van der Waals surface area contributed by atoms with Gasteiger partial charge >= 0.3 is 5.69 Å². The third kappa shape index (κ3) is 3.27. The second-order valence-corrected chi connectivity index (χ2v) is 6.90. The first-order chi connectivity index (χ1) is 13.4. The van der Waals surface area contributed by atoms with E-state index in [0.29, 0.717) is 28.2 Å². The summed E-state index contributed by atoms with van der Waals surface area (Å²) in [4.78, 5) is 44.9. The van der Waals surface area contributed by atoms with E-state index in [1.54, 1.807) is 34.9 Å². The van der Waals surface area contributed by atoms with Crippen LogP contribution in [-0.4, -0.2) is 25.3 Å². The lowest BCUT2D eigenvalue weighted by atomic mass is 9.97.